The molecule has 134 valence electrons. The minimum Gasteiger partial charge on any atom is -0.372 e. The summed E-state index contributed by atoms with van der Waals surface area (Å²) < 4.78 is 0. The number of rotatable bonds is 7. The van der Waals surface area contributed by atoms with Gasteiger partial charge in [0.05, 0.1) is 0 Å². The average molecular weight is 349 g/mol. The third-order valence-corrected chi connectivity index (χ3v) is 5.16. The second-order valence-corrected chi connectivity index (χ2v) is 7.38. The monoisotopic (exact) mass is 348 g/mol. The molecule has 2 rings (SSSR count). The number of hydrogen-bond acceptors (Lipinski definition) is 3. The molecular formula is C19H32N4S. The number of anilines is 1. The minimum atomic E-state index is 0.877. The van der Waals surface area contributed by atoms with E-state index in [0.717, 1.165) is 19.0 Å². The largest absolute Gasteiger partial charge is 0.372 e. The zero-order valence-corrected chi connectivity index (χ0v) is 16.2. The first-order chi connectivity index (χ1) is 11.7. The van der Waals surface area contributed by atoms with E-state index in [9.17, 15) is 0 Å². The molecule has 0 saturated carbocycles. The van der Waals surface area contributed by atoms with Gasteiger partial charge in [0.1, 0.15) is 0 Å². The molecule has 0 aromatic heterocycles. The minimum absolute atomic E-state index is 0.877. The van der Waals surface area contributed by atoms with E-state index in [1.54, 1.807) is 0 Å². The van der Waals surface area contributed by atoms with Crippen LogP contribution >= 0.6 is 11.8 Å². The van der Waals surface area contributed by atoms with E-state index < -0.39 is 0 Å². The van der Waals surface area contributed by atoms with Gasteiger partial charge in [-0.15, -0.1) is 0 Å². The predicted molar refractivity (Wildman–Crippen MR) is 108 cm³/mol. The van der Waals surface area contributed by atoms with Gasteiger partial charge in [-0.05, 0) is 55.4 Å². The standard InChI is InChI=1S/C19H32N4S/c1-20-19(21-12-7-15-24-3)22(2)16-17-8-10-18(11-9-17)23-13-5-4-6-14-23/h8-11H,4-7,12-16H2,1-3H3,(H,20,21). The zero-order valence-electron chi connectivity index (χ0n) is 15.4. The van der Waals surface area contributed by atoms with Gasteiger partial charge in [-0.2, -0.15) is 11.8 Å². The van der Waals surface area contributed by atoms with Crippen molar-refractivity contribution in [2.75, 3.05) is 50.6 Å². The van der Waals surface area contributed by atoms with Gasteiger partial charge in [-0.3, -0.25) is 4.99 Å². The molecule has 1 N–H and O–H groups in total. The maximum atomic E-state index is 4.39. The maximum Gasteiger partial charge on any atom is 0.193 e. The Hall–Kier alpha value is -1.36. The number of aliphatic imine (C=N–C) groups is 1. The van der Waals surface area contributed by atoms with Crippen molar-refractivity contribution >= 4 is 23.4 Å². The van der Waals surface area contributed by atoms with Crippen LogP contribution in [0.4, 0.5) is 5.69 Å². The van der Waals surface area contributed by atoms with Gasteiger partial charge < -0.3 is 15.1 Å². The molecule has 0 aliphatic carbocycles. The number of guanidine groups is 1. The molecule has 0 bridgehead atoms. The van der Waals surface area contributed by atoms with Crippen molar-refractivity contribution in [2.45, 2.75) is 32.2 Å². The Balaban J connectivity index is 1.84. The van der Waals surface area contributed by atoms with Gasteiger partial charge in [0, 0.05) is 46.0 Å². The Bertz CT molecular complexity index is 495. The van der Waals surface area contributed by atoms with E-state index in [1.807, 2.05) is 18.8 Å². The van der Waals surface area contributed by atoms with Gasteiger partial charge in [-0.25, -0.2) is 0 Å². The van der Waals surface area contributed by atoms with Crippen LogP contribution < -0.4 is 10.2 Å². The highest BCUT2D eigenvalue weighted by molar-refractivity contribution is 7.98. The Morgan fingerprint density at radius 2 is 1.92 bits per heavy atom. The van der Waals surface area contributed by atoms with Crippen LogP contribution in [0, 0.1) is 0 Å². The third-order valence-electron chi connectivity index (χ3n) is 4.46. The molecule has 0 amide bonds. The smallest absolute Gasteiger partial charge is 0.193 e. The summed E-state index contributed by atoms with van der Waals surface area (Å²) in [5, 5.41) is 3.44. The van der Waals surface area contributed by atoms with Crippen molar-refractivity contribution in [1.82, 2.24) is 10.2 Å². The summed E-state index contributed by atoms with van der Waals surface area (Å²) in [7, 11) is 3.95. The van der Waals surface area contributed by atoms with E-state index in [1.165, 1.54) is 55.8 Å². The average Bonchev–Trinajstić information content (AvgIpc) is 2.63. The Labute approximate surface area is 151 Å². The van der Waals surface area contributed by atoms with E-state index in [0.29, 0.717) is 0 Å². The fourth-order valence-corrected chi connectivity index (χ4v) is 3.55. The molecular weight excluding hydrogens is 316 g/mol. The fraction of sp³-hybridized carbons (Fsp3) is 0.632. The van der Waals surface area contributed by atoms with Crippen LogP contribution in [0.15, 0.2) is 29.3 Å². The predicted octanol–water partition coefficient (Wildman–Crippen LogP) is 3.44. The number of nitrogens with one attached hydrogen (secondary N) is 1. The summed E-state index contributed by atoms with van der Waals surface area (Å²) in [5.74, 6) is 2.15. The fourth-order valence-electron chi connectivity index (χ4n) is 3.11. The van der Waals surface area contributed by atoms with E-state index in [4.69, 9.17) is 0 Å². The van der Waals surface area contributed by atoms with E-state index in [-0.39, 0.29) is 0 Å². The van der Waals surface area contributed by atoms with E-state index in [2.05, 4.69) is 57.7 Å². The molecule has 0 radical (unpaired) electrons. The van der Waals surface area contributed by atoms with Crippen LogP contribution in [0.2, 0.25) is 0 Å². The van der Waals surface area contributed by atoms with Crippen molar-refractivity contribution in [3.8, 4) is 0 Å². The lowest BCUT2D eigenvalue weighted by Crippen LogP contribution is -2.39. The first-order valence-corrected chi connectivity index (χ1v) is 10.4. The number of thioether (sulfide) groups is 1. The van der Waals surface area contributed by atoms with Gasteiger partial charge in [0.25, 0.3) is 0 Å². The Morgan fingerprint density at radius 3 is 2.54 bits per heavy atom. The quantitative estimate of drug-likeness (QED) is 0.465. The first-order valence-electron chi connectivity index (χ1n) is 8.99. The summed E-state index contributed by atoms with van der Waals surface area (Å²) in [6.07, 6.45) is 7.33. The maximum absolute atomic E-state index is 4.39. The number of hydrogen-bond donors (Lipinski definition) is 1. The number of nitrogens with zero attached hydrogens (tertiary/aromatic N) is 3. The van der Waals surface area contributed by atoms with E-state index >= 15 is 0 Å². The molecule has 1 aromatic carbocycles. The molecule has 1 aliphatic rings. The molecule has 0 unspecified atom stereocenters. The lowest BCUT2D eigenvalue weighted by Gasteiger charge is -2.29. The van der Waals surface area contributed by atoms with Crippen molar-refractivity contribution < 1.29 is 0 Å². The molecule has 1 saturated heterocycles. The number of piperidine rings is 1. The van der Waals surface area contributed by atoms with Crippen LogP contribution in [0.25, 0.3) is 0 Å². The summed E-state index contributed by atoms with van der Waals surface area (Å²) in [5.41, 5.74) is 2.69. The van der Waals surface area contributed by atoms with Crippen LogP contribution in [0.3, 0.4) is 0 Å². The van der Waals surface area contributed by atoms with Gasteiger partial charge >= 0.3 is 0 Å². The van der Waals surface area contributed by atoms with Gasteiger partial charge in [-0.1, -0.05) is 12.1 Å². The summed E-state index contributed by atoms with van der Waals surface area (Å²) in [6.45, 7) is 4.26. The Morgan fingerprint density at radius 1 is 1.21 bits per heavy atom. The van der Waals surface area contributed by atoms with Crippen LogP contribution in [0.1, 0.15) is 31.2 Å². The highest BCUT2D eigenvalue weighted by Gasteiger charge is 2.11. The van der Waals surface area contributed by atoms with Crippen LogP contribution in [0.5, 0.6) is 0 Å². The topological polar surface area (TPSA) is 30.9 Å². The van der Waals surface area contributed by atoms with Gasteiger partial charge in [0.15, 0.2) is 5.96 Å². The van der Waals surface area contributed by atoms with Crippen molar-refractivity contribution in [3.63, 3.8) is 0 Å². The molecule has 1 fully saturated rings. The third kappa shape index (κ3) is 5.93. The Kier molecular flexibility index (Phi) is 8.29. The van der Waals surface area contributed by atoms with Crippen LogP contribution in [-0.2, 0) is 6.54 Å². The second-order valence-electron chi connectivity index (χ2n) is 6.39. The normalized spacial score (nSPS) is 15.5. The summed E-state index contributed by atoms with van der Waals surface area (Å²) >= 11 is 1.89. The number of benzene rings is 1. The SMILES string of the molecule is CN=C(NCCCSC)N(C)Cc1ccc(N2CCCCC2)cc1. The molecule has 0 atom stereocenters. The zero-order chi connectivity index (χ0) is 17.2. The lowest BCUT2D eigenvalue weighted by atomic mass is 10.1. The molecule has 0 spiro atoms. The van der Waals surface area contributed by atoms with Crippen LogP contribution in [-0.4, -0.2) is 56.6 Å². The lowest BCUT2D eigenvalue weighted by molar-refractivity contribution is 0.477. The van der Waals surface area contributed by atoms with Gasteiger partial charge in [0.2, 0.25) is 0 Å². The molecule has 5 heteroatoms. The molecule has 1 aliphatic heterocycles. The highest BCUT2D eigenvalue weighted by atomic mass is 32.2. The van der Waals surface area contributed by atoms with Crippen molar-refractivity contribution in [3.05, 3.63) is 29.8 Å². The molecule has 1 aromatic rings. The molecule has 24 heavy (non-hydrogen) atoms. The molecule has 4 nitrogen and oxygen atoms in total. The summed E-state index contributed by atoms with van der Waals surface area (Å²) in [6, 6.07) is 9.04. The molecule has 1 heterocycles. The van der Waals surface area contributed by atoms with Crippen molar-refractivity contribution in [2.24, 2.45) is 4.99 Å². The first kappa shape index (κ1) is 19.0. The summed E-state index contributed by atoms with van der Waals surface area (Å²) in [4.78, 5) is 9.08. The van der Waals surface area contributed by atoms with Crippen molar-refractivity contribution in [1.29, 1.82) is 0 Å². The second kappa shape index (κ2) is 10.5. The highest BCUT2D eigenvalue weighted by Crippen LogP contribution is 2.20.